The van der Waals surface area contributed by atoms with Gasteiger partial charge in [0.25, 0.3) is 0 Å². The molecule has 0 fully saturated rings. The van der Waals surface area contributed by atoms with Crippen LogP contribution in [-0.4, -0.2) is 35.6 Å². The summed E-state index contributed by atoms with van der Waals surface area (Å²) in [5.41, 5.74) is 0. The van der Waals surface area contributed by atoms with Crippen molar-refractivity contribution in [2.45, 2.75) is 19.4 Å². The van der Waals surface area contributed by atoms with Crippen LogP contribution in [0, 0.1) is 10.8 Å². The molecular formula is C7H16N2O3Si. The molecule has 76 valence electrons. The van der Waals surface area contributed by atoms with Gasteiger partial charge in [0.15, 0.2) is 0 Å². The molecule has 0 aliphatic carbocycles. The first-order valence-corrected chi connectivity index (χ1v) is 5.31. The van der Waals surface area contributed by atoms with Crippen molar-refractivity contribution >= 4 is 22.4 Å². The minimum atomic E-state index is 0.750. The van der Waals surface area contributed by atoms with Gasteiger partial charge in [0.05, 0.1) is 0 Å². The van der Waals surface area contributed by atoms with Crippen LogP contribution < -0.4 is 0 Å². The van der Waals surface area contributed by atoms with Gasteiger partial charge in [0.2, 0.25) is 12.2 Å². The number of hydrogen-bond acceptors (Lipinski definition) is 5. The minimum Gasteiger partial charge on any atom is -0.382 e. The standard InChI is InChI=1S/C5H14OSi.2CHNO/c1-2-6-4-3-5-7;2*2-1-3/h2-5H2,1,7H3;2*2H. The van der Waals surface area contributed by atoms with Crippen molar-refractivity contribution in [3.8, 4) is 0 Å². The minimum absolute atomic E-state index is 0.750. The summed E-state index contributed by atoms with van der Waals surface area (Å²) >= 11 is 0. The Kier molecular flexibility index (Phi) is 42.1. The van der Waals surface area contributed by atoms with Crippen molar-refractivity contribution in [1.29, 1.82) is 10.8 Å². The first kappa shape index (κ1) is 17.9. The van der Waals surface area contributed by atoms with E-state index in [4.69, 9.17) is 25.1 Å². The first-order chi connectivity index (χ1) is 6.24. The second-order valence-corrected chi connectivity index (χ2v) is 2.75. The van der Waals surface area contributed by atoms with Crippen LogP contribution in [0.25, 0.3) is 0 Å². The number of carbonyl (C=O) groups excluding carboxylic acids is 2. The monoisotopic (exact) mass is 204 g/mol. The molecule has 0 amide bonds. The molecule has 2 N–H and O–H groups in total. The Labute approximate surface area is 80.9 Å². The largest absolute Gasteiger partial charge is 0.382 e. The van der Waals surface area contributed by atoms with Crippen molar-refractivity contribution in [3.63, 3.8) is 0 Å². The Morgan fingerprint density at radius 3 is 1.92 bits per heavy atom. The Morgan fingerprint density at radius 2 is 1.69 bits per heavy atom. The lowest BCUT2D eigenvalue weighted by Gasteiger charge is -1.94. The van der Waals surface area contributed by atoms with Crippen molar-refractivity contribution in [2.75, 3.05) is 13.2 Å². The van der Waals surface area contributed by atoms with E-state index >= 15 is 0 Å². The molecule has 5 nitrogen and oxygen atoms in total. The van der Waals surface area contributed by atoms with Gasteiger partial charge in [-0.05, 0) is 13.3 Å². The molecule has 0 aliphatic heterocycles. The van der Waals surface area contributed by atoms with Gasteiger partial charge in [-0.1, -0.05) is 6.04 Å². The topological polar surface area (TPSA) is 91.1 Å². The molecule has 0 unspecified atom stereocenters. The van der Waals surface area contributed by atoms with E-state index in [0.717, 1.165) is 25.4 Å². The zero-order chi connectivity index (χ0) is 10.9. The molecule has 0 heterocycles. The maximum absolute atomic E-state index is 8.35. The number of rotatable bonds is 4. The van der Waals surface area contributed by atoms with Crippen molar-refractivity contribution in [1.82, 2.24) is 0 Å². The highest BCUT2D eigenvalue weighted by atomic mass is 28.1. The van der Waals surface area contributed by atoms with Gasteiger partial charge in [0, 0.05) is 23.5 Å². The second kappa shape index (κ2) is 30.6. The molecular weight excluding hydrogens is 188 g/mol. The van der Waals surface area contributed by atoms with Gasteiger partial charge in [-0.25, -0.2) is 20.4 Å². The number of isocyanates is 2. The fourth-order valence-corrected chi connectivity index (χ4v) is 0.679. The summed E-state index contributed by atoms with van der Waals surface area (Å²) in [5, 5.41) is 10.8. The Bertz CT molecular complexity index is 125. The summed E-state index contributed by atoms with van der Waals surface area (Å²) in [5.74, 6) is 0. The van der Waals surface area contributed by atoms with Crippen LogP contribution in [0.2, 0.25) is 6.04 Å². The molecule has 0 aliphatic rings. The third-order valence-electron chi connectivity index (χ3n) is 0.846. The third-order valence-corrected chi connectivity index (χ3v) is 1.55. The van der Waals surface area contributed by atoms with Gasteiger partial charge in [0.1, 0.15) is 0 Å². The summed E-state index contributed by atoms with van der Waals surface area (Å²) < 4.78 is 5.10. The summed E-state index contributed by atoms with van der Waals surface area (Å²) in [6, 6.07) is 1.38. The fraction of sp³-hybridized carbons (Fsp3) is 0.714. The van der Waals surface area contributed by atoms with Gasteiger partial charge in [-0.3, -0.25) is 0 Å². The average molecular weight is 204 g/mol. The highest BCUT2D eigenvalue weighted by Crippen LogP contribution is 1.83. The number of ether oxygens (including phenoxy) is 1. The molecule has 0 saturated heterocycles. The van der Waals surface area contributed by atoms with E-state index in [1.54, 1.807) is 0 Å². The lowest BCUT2D eigenvalue weighted by atomic mass is 10.5. The maximum Gasteiger partial charge on any atom is 0.231 e. The van der Waals surface area contributed by atoms with Crippen molar-refractivity contribution in [3.05, 3.63) is 0 Å². The average Bonchev–Trinajstić information content (AvgIpc) is 2.08. The fourth-order valence-electron chi connectivity index (χ4n) is 0.391. The van der Waals surface area contributed by atoms with Crippen LogP contribution in [0.3, 0.4) is 0 Å². The van der Waals surface area contributed by atoms with Gasteiger partial charge < -0.3 is 4.74 Å². The zero-order valence-electron chi connectivity index (χ0n) is 8.05. The lowest BCUT2D eigenvalue weighted by Crippen LogP contribution is -1.91. The normalized spacial score (nSPS) is 6.54. The Balaban J connectivity index is -0.000000140. The molecule has 0 aromatic rings. The van der Waals surface area contributed by atoms with E-state index in [1.807, 2.05) is 6.92 Å². The van der Waals surface area contributed by atoms with E-state index in [0.29, 0.717) is 0 Å². The highest BCUT2D eigenvalue weighted by Gasteiger charge is 1.78. The van der Waals surface area contributed by atoms with Crippen molar-refractivity contribution < 1.29 is 14.3 Å². The molecule has 0 atom stereocenters. The number of nitrogens with one attached hydrogen (secondary N) is 2. The Hall–Kier alpha value is -1.06. The van der Waals surface area contributed by atoms with E-state index in [-0.39, 0.29) is 0 Å². The van der Waals surface area contributed by atoms with Crippen LogP contribution in [-0.2, 0) is 14.3 Å². The number of hydrogen-bond donors (Lipinski definition) is 2. The molecule has 0 bridgehead atoms. The molecule has 0 rings (SSSR count). The summed E-state index contributed by atoms with van der Waals surface area (Å²) in [6.45, 7) is 3.88. The smallest absolute Gasteiger partial charge is 0.231 e. The predicted molar refractivity (Wildman–Crippen MR) is 52.7 cm³/mol. The van der Waals surface area contributed by atoms with E-state index in [9.17, 15) is 0 Å². The molecule has 6 heteroatoms. The summed E-state index contributed by atoms with van der Waals surface area (Å²) in [6.07, 6.45) is 2.76. The summed E-state index contributed by atoms with van der Waals surface area (Å²) in [4.78, 5) is 16.7. The van der Waals surface area contributed by atoms with E-state index in [1.165, 1.54) is 22.7 Å². The quantitative estimate of drug-likeness (QED) is 0.292. The molecule has 0 aromatic heterocycles. The van der Waals surface area contributed by atoms with Crippen LogP contribution in [0.5, 0.6) is 0 Å². The zero-order valence-corrected chi connectivity index (χ0v) is 10.1. The van der Waals surface area contributed by atoms with Crippen molar-refractivity contribution in [2.24, 2.45) is 0 Å². The molecule has 0 saturated carbocycles. The Morgan fingerprint density at radius 1 is 1.31 bits per heavy atom. The van der Waals surface area contributed by atoms with Gasteiger partial charge in [-0.15, -0.1) is 0 Å². The van der Waals surface area contributed by atoms with Crippen LogP contribution in [0.15, 0.2) is 0 Å². The molecule has 0 spiro atoms. The first-order valence-electron chi connectivity index (χ1n) is 3.90. The molecule has 13 heavy (non-hydrogen) atoms. The van der Waals surface area contributed by atoms with E-state index < -0.39 is 0 Å². The van der Waals surface area contributed by atoms with Gasteiger partial charge in [-0.2, -0.15) is 0 Å². The van der Waals surface area contributed by atoms with E-state index in [2.05, 4.69) is 0 Å². The summed E-state index contributed by atoms with van der Waals surface area (Å²) in [7, 11) is 1.33. The molecule has 0 radical (unpaired) electrons. The highest BCUT2D eigenvalue weighted by molar-refractivity contribution is 6.08. The third kappa shape index (κ3) is 101. The van der Waals surface area contributed by atoms with Crippen LogP contribution in [0.4, 0.5) is 0 Å². The predicted octanol–water partition coefficient (Wildman–Crippen LogP) is -0.00136. The second-order valence-electron chi connectivity index (χ2n) is 1.75. The SMILES string of the molecule is CCOCCC[SiH3].N=C=O.N=C=O. The molecule has 0 aromatic carbocycles. The lowest BCUT2D eigenvalue weighted by molar-refractivity contribution is 0.148. The van der Waals surface area contributed by atoms with Crippen LogP contribution in [0.1, 0.15) is 13.3 Å². The maximum atomic E-state index is 8.35. The van der Waals surface area contributed by atoms with Gasteiger partial charge >= 0.3 is 0 Å². The van der Waals surface area contributed by atoms with Crippen LogP contribution >= 0.6 is 0 Å².